The molecule has 2 bridgehead atoms. The van der Waals surface area contributed by atoms with Gasteiger partial charge < -0.3 is 0 Å². The predicted molar refractivity (Wildman–Crippen MR) is 113 cm³/mol. The number of rotatable bonds is 2. The molecule has 0 saturated carbocycles. The topological polar surface area (TPSA) is 104 Å². The molecule has 7 rings (SSSR count). The molecular formula is C25H15N3O4. The van der Waals surface area contributed by atoms with Crippen LogP contribution in [0.4, 0.5) is 5.69 Å². The fourth-order valence-electron chi connectivity index (χ4n) is 5.98. The van der Waals surface area contributed by atoms with Gasteiger partial charge in [-0.25, -0.2) is 4.90 Å². The average molecular weight is 421 g/mol. The fraction of sp³-hybridized carbons (Fsp3) is 0.160. The normalized spacial score (nSPS) is 26.8. The van der Waals surface area contributed by atoms with E-state index in [9.17, 15) is 19.7 Å². The van der Waals surface area contributed by atoms with Crippen molar-refractivity contribution in [2.24, 2.45) is 11.8 Å². The first kappa shape index (κ1) is 18.5. The average Bonchev–Trinajstić information content (AvgIpc) is 3.09. The van der Waals surface area contributed by atoms with Gasteiger partial charge in [-0.2, -0.15) is 5.26 Å². The van der Waals surface area contributed by atoms with Crippen molar-refractivity contribution in [2.75, 3.05) is 4.90 Å². The second-order valence-electron chi connectivity index (χ2n) is 8.35. The number of carbonyl (C=O) groups is 2. The molecule has 3 aromatic carbocycles. The summed E-state index contributed by atoms with van der Waals surface area (Å²) < 4.78 is 0. The SMILES string of the molecule is N#Cc1ccc(N2C(=O)[C@@H]3C4c5ccccc5C([N+](=O)[O-])(c5ccccc54)[C@@H]3C2=O)cc1. The lowest BCUT2D eigenvalue weighted by molar-refractivity contribution is -0.578. The second kappa shape index (κ2) is 6.11. The van der Waals surface area contributed by atoms with E-state index in [2.05, 4.69) is 0 Å². The molecule has 1 saturated heterocycles. The van der Waals surface area contributed by atoms with Gasteiger partial charge in [0.15, 0.2) is 0 Å². The van der Waals surface area contributed by atoms with Crippen LogP contribution in [0.15, 0.2) is 72.8 Å². The highest BCUT2D eigenvalue weighted by molar-refractivity contribution is 6.23. The van der Waals surface area contributed by atoms with Crippen LogP contribution in [-0.2, 0) is 15.1 Å². The Morgan fingerprint density at radius 1 is 0.875 bits per heavy atom. The van der Waals surface area contributed by atoms with Gasteiger partial charge in [-0.15, -0.1) is 0 Å². The zero-order chi connectivity index (χ0) is 22.2. The van der Waals surface area contributed by atoms with Crippen LogP contribution >= 0.6 is 0 Å². The largest absolute Gasteiger partial charge is 0.285 e. The molecule has 1 heterocycles. The highest BCUT2D eigenvalue weighted by Crippen LogP contribution is 2.64. The maximum Gasteiger partial charge on any atom is 0.285 e. The number of imide groups is 1. The minimum absolute atomic E-state index is 0.319. The summed E-state index contributed by atoms with van der Waals surface area (Å²) in [6, 6.07) is 22.3. The number of carbonyl (C=O) groups excluding carboxylic acids is 2. The van der Waals surface area contributed by atoms with Crippen LogP contribution in [0.25, 0.3) is 0 Å². The van der Waals surface area contributed by atoms with Crippen LogP contribution < -0.4 is 4.90 Å². The van der Waals surface area contributed by atoms with E-state index in [-0.39, 0.29) is 4.92 Å². The summed E-state index contributed by atoms with van der Waals surface area (Å²) in [5, 5.41) is 21.9. The van der Waals surface area contributed by atoms with E-state index in [1.807, 2.05) is 30.3 Å². The lowest BCUT2D eigenvalue weighted by atomic mass is 9.51. The third-order valence-corrected chi connectivity index (χ3v) is 7.12. The maximum atomic E-state index is 13.8. The molecule has 32 heavy (non-hydrogen) atoms. The highest BCUT2D eigenvalue weighted by atomic mass is 16.6. The van der Waals surface area contributed by atoms with Crippen molar-refractivity contribution in [2.45, 2.75) is 11.5 Å². The molecule has 0 N–H and O–H groups in total. The number of hydrogen-bond acceptors (Lipinski definition) is 5. The zero-order valence-corrected chi connectivity index (χ0v) is 16.6. The van der Waals surface area contributed by atoms with Gasteiger partial charge in [0.1, 0.15) is 5.92 Å². The number of hydrogen-bond donors (Lipinski definition) is 0. The highest BCUT2D eigenvalue weighted by Gasteiger charge is 2.74. The number of anilines is 1. The number of nitrogens with zero attached hydrogens (tertiary/aromatic N) is 3. The zero-order valence-electron chi connectivity index (χ0n) is 16.6. The molecule has 0 radical (unpaired) electrons. The number of nitriles is 1. The second-order valence-corrected chi connectivity index (χ2v) is 8.35. The van der Waals surface area contributed by atoms with Crippen molar-refractivity contribution in [3.63, 3.8) is 0 Å². The molecule has 2 amide bonds. The monoisotopic (exact) mass is 421 g/mol. The van der Waals surface area contributed by atoms with Gasteiger partial charge in [-0.05, 0) is 35.4 Å². The number of amides is 2. The Labute approximate surface area is 182 Å². The summed E-state index contributed by atoms with van der Waals surface area (Å²) in [5.74, 6) is -3.46. The molecule has 1 aliphatic heterocycles. The summed E-state index contributed by atoms with van der Waals surface area (Å²) in [6.07, 6.45) is 0. The Hall–Kier alpha value is -4.31. The quantitative estimate of drug-likeness (QED) is 0.359. The summed E-state index contributed by atoms with van der Waals surface area (Å²) in [5.41, 5.74) is 1.31. The van der Waals surface area contributed by atoms with E-state index in [1.54, 1.807) is 24.3 Å². The van der Waals surface area contributed by atoms with Crippen molar-refractivity contribution in [1.29, 1.82) is 5.26 Å². The lowest BCUT2D eigenvalue weighted by Crippen LogP contribution is -2.57. The predicted octanol–water partition coefficient (Wildman–Crippen LogP) is 3.34. The molecule has 7 heteroatoms. The van der Waals surface area contributed by atoms with Crippen molar-refractivity contribution >= 4 is 17.5 Å². The third kappa shape index (κ3) is 1.95. The molecule has 0 unspecified atom stereocenters. The Morgan fingerprint density at radius 3 is 1.97 bits per heavy atom. The van der Waals surface area contributed by atoms with E-state index in [4.69, 9.17) is 5.26 Å². The minimum Gasteiger partial charge on any atom is -0.274 e. The van der Waals surface area contributed by atoms with Crippen LogP contribution in [0.3, 0.4) is 0 Å². The van der Waals surface area contributed by atoms with E-state index < -0.39 is 35.1 Å². The fourth-order valence-corrected chi connectivity index (χ4v) is 5.98. The van der Waals surface area contributed by atoms with Gasteiger partial charge in [0.05, 0.1) is 23.2 Å². The molecule has 2 atom stereocenters. The van der Waals surface area contributed by atoms with Crippen LogP contribution in [0.5, 0.6) is 0 Å². The molecule has 4 aliphatic rings. The molecular weight excluding hydrogens is 406 g/mol. The standard InChI is InChI=1S/C25H15N3O4/c26-13-14-9-11-15(12-10-14)27-23(29)21-20-16-5-1-3-7-18(16)25(28(31)32,22(21)24(27)30)19-8-4-2-6-17(19)20/h1-12,20-22H/t20?,21-,22+,25?/m1/s1. The summed E-state index contributed by atoms with van der Waals surface area (Å²) >= 11 is 0. The Balaban J connectivity index is 1.64. The molecule has 154 valence electrons. The molecule has 3 aliphatic carbocycles. The van der Waals surface area contributed by atoms with Crippen molar-refractivity contribution in [3.05, 3.63) is 111 Å². The first-order valence-corrected chi connectivity index (χ1v) is 10.2. The van der Waals surface area contributed by atoms with Gasteiger partial charge in [-0.1, -0.05) is 48.5 Å². The van der Waals surface area contributed by atoms with Gasteiger partial charge >= 0.3 is 0 Å². The molecule has 0 aromatic heterocycles. The van der Waals surface area contributed by atoms with Crippen molar-refractivity contribution < 1.29 is 14.5 Å². The molecule has 3 aromatic rings. The Kier molecular flexibility index (Phi) is 3.52. The van der Waals surface area contributed by atoms with Crippen LogP contribution in [0.1, 0.15) is 33.7 Å². The number of nitro groups is 1. The van der Waals surface area contributed by atoms with Crippen LogP contribution in [0.2, 0.25) is 0 Å². The van der Waals surface area contributed by atoms with E-state index >= 15 is 0 Å². The van der Waals surface area contributed by atoms with E-state index in [0.717, 1.165) is 16.0 Å². The Bertz CT molecular complexity index is 1340. The summed E-state index contributed by atoms with van der Waals surface area (Å²) in [4.78, 5) is 41.0. The third-order valence-electron chi connectivity index (χ3n) is 7.12. The van der Waals surface area contributed by atoms with Crippen LogP contribution in [0, 0.1) is 33.3 Å². The minimum atomic E-state index is -1.83. The Morgan fingerprint density at radius 2 is 1.44 bits per heavy atom. The summed E-state index contributed by atoms with van der Waals surface area (Å²) in [7, 11) is 0. The first-order chi connectivity index (χ1) is 15.5. The summed E-state index contributed by atoms with van der Waals surface area (Å²) in [6.45, 7) is 0. The maximum absolute atomic E-state index is 13.8. The van der Waals surface area contributed by atoms with Gasteiger partial charge in [0, 0.05) is 22.0 Å². The van der Waals surface area contributed by atoms with E-state index in [0.29, 0.717) is 22.4 Å². The van der Waals surface area contributed by atoms with Crippen molar-refractivity contribution in [3.8, 4) is 6.07 Å². The van der Waals surface area contributed by atoms with Crippen molar-refractivity contribution in [1.82, 2.24) is 0 Å². The lowest BCUT2D eigenvalue weighted by Gasteiger charge is -2.48. The molecule has 0 spiro atoms. The smallest absolute Gasteiger partial charge is 0.274 e. The van der Waals surface area contributed by atoms with Gasteiger partial charge in [0.25, 0.3) is 5.54 Å². The number of benzene rings is 3. The van der Waals surface area contributed by atoms with Gasteiger partial charge in [0.2, 0.25) is 11.8 Å². The van der Waals surface area contributed by atoms with E-state index in [1.165, 1.54) is 24.3 Å². The first-order valence-electron chi connectivity index (χ1n) is 10.2. The molecule has 7 nitrogen and oxygen atoms in total. The molecule has 1 fully saturated rings. The van der Waals surface area contributed by atoms with Crippen LogP contribution in [-0.4, -0.2) is 16.7 Å². The van der Waals surface area contributed by atoms with Gasteiger partial charge in [-0.3, -0.25) is 19.7 Å².